The fourth-order valence-electron chi connectivity index (χ4n) is 1.95. The largest absolute Gasteiger partial charge is 0.573 e. The summed E-state index contributed by atoms with van der Waals surface area (Å²) in [5.74, 6) is -1.48. The van der Waals surface area contributed by atoms with E-state index < -0.39 is 24.8 Å². The molecule has 0 saturated carbocycles. The first kappa shape index (κ1) is 20.5. The molecule has 0 spiro atoms. The van der Waals surface area contributed by atoms with E-state index in [1.54, 1.807) is 0 Å². The van der Waals surface area contributed by atoms with Crippen molar-refractivity contribution in [3.05, 3.63) is 35.9 Å². The molecule has 0 fully saturated rings. The standard InChI is InChI=1S/C17H20F3NO4/c1-3-4-12(2)21-15(22)11-24-16(23)10-7-13-5-8-14(9-6-13)25-17(18,19)20/h5-10,12H,3-4,11H2,1-2H3,(H,21,22)/b10-7+. The van der Waals surface area contributed by atoms with Gasteiger partial charge in [-0.25, -0.2) is 4.79 Å². The van der Waals surface area contributed by atoms with Crippen molar-refractivity contribution in [1.82, 2.24) is 5.32 Å². The zero-order valence-electron chi connectivity index (χ0n) is 13.9. The molecule has 0 aromatic heterocycles. The van der Waals surface area contributed by atoms with Crippen molar-refractivity contribution in [3.8, 4) is 5.75 Å². The summed E-state index contributed by atoms with van der Waals surface area (Å²) in [7, 11) is 0. The first-order valence-corrected chi connectivity index (χ1v) is 7.69. The Morgan fingerprint density at radius 2 is 1.88 bits per heavy atom. The Balaban J connectivity index is 2.42. The molecule has 1 amide bonds. The van der Waals surface area contributed by atoms with Crippen LogP contribution >= 0.6 is 0 Å². The lowest BCUT2D eigenvalue weighted by Gasteiger charge is -2.12. The highest BCUT2D eigenvalue weighted by atomic mass is 19.4. The van der Waals surface area contributed by atoms with Crippen molar-refractivity contribution >= 4 is 18.0 Å². The Labute approximate surface area is 143 Å². The van der Waals surface area contributed by atoms with Gasteiger partial charge in [0.2, 0.25) is 0 Å². The summed E-state index contributed by atoms with van der Waals surface area (Å²) in [4.78, 5) is 23.1. The summed E-state index contributed by atoms with van der Waals surface area (Å²) in [5.41, 5.74) is 0.479. The zero-order chi connectivity index (χ0) is 18.9. The van der Waals surface area contributed by atoms with Crippen LogP contribution in [-0.4, -0.2) is 30.9 Å². The fourth-order valence-corrected chi connectivity index (χ4v) is 1.95. The van der Waals surface area contributed by atoms with Gasteiger partial charge in [0.25, 0.3) is 5.91 Å². The second-order valence-corrected chi connectivity index (χ2v) is 5.32. The Kier molecular flexibility index (Phi) is 7.97. The molecule has 0 aliphatic rings. The normalized spacial score (nSPS) is 12.7. The number of carbonyl (C=O) groups excluding carboxylic acids is 2. The molecular weight excluding hydrogens is 339 g/mol. The Bertz CT molecular complexity index is 597. The minimum Gasteiger partial charge on any atom is -0.452 e. The number of nitrogens with one attached hydrogen (secondary N) is 1. The molecule has 0 bridgehead atoms. The molecule has 5 nitrogen and oxygen atoms in total. The van der Waals surface area contributed by atoms with Crippen LogP contribution in [0.1, 0.15) is 32.3 Å². The van der Waals surface area contributed by atoms with Crippen LogP contribution in [0.3, 0.4) is 0 Å². The van der Waals surface area contributed by atoms with Gasteiger partial charge >= 0.3 is 12.3 Å². The molecule has 1 aromatic carbocycles. The summed E-state index contributed by atoms with van der Waals surface area (Å²) < 4.78 is 44.6. The van der Waals surface area contributed by atoms with E-state index in [2.05, 4.69) is 10.1 Å². The van der Waals surface area contributed by atoms with Crippen LogP contribution in [0.15, 0.2) is 30.3 Å². The van der Waals surface area contributed by atoms with Crippen LogP contribution in [0.4, 0.5) is 13.2 Å². The molecule has 0 radical (unpaired) electrons. The van der Waals surface area contributed by atoms with Gasteiger partial charge in [0.15, 0.2) is 6.61 Å². The van der Waals surface area contributed by atoms with Crippen molar-refractivity contribution in [2.24, 2.45) is 0 Å². The lowest BCUT2D eigenvalue weighted by atomic mass is 10.2. The summed E-state index contributed by atoms with van der Waals surface area (Å²) in [6, 6.07) is 4.96. The number of benzene rings is 1. The third-order valence-electron chi connectivity index (χ3n) is 3.00. The van der Waals surface area contributed by atoms with E-state index in [1.165, 1.54) is 18.2 Å². The molecule has 25 heavy (non-hydrogen) atoms. The van der Waals surface area contributed by atoms with Gasteiger partial charge < -0.3 is 14.8 Å². The monoisotopic (exact) mass is 359 g/mol. The number of carbonyl (C=O) groups is 2. The molecule has 1 aromatic rings. The number of rotatable bonds is 8. The lowest BCUT2D eigenvalue weighted by molar-refractivity contribution is -0.274. The molecule has 8 heteroatoms. The van der Waals surface area contributed by atoms with E-state index in [-0.39, 0.29) is 11.8 Å². The van der Waals surface area contributed by atoms with Gasteiger partial charge in [-0.1, -0.05) is 25.5 Å². The van der Waals surface area contributed by atoms with Gasteiger partial charge in [-0.2, -0.15) is 0 Å². The topological polar surface area (TPSA) is 64.6 Å². The van der Waals surface area contributed by atoms with Gasteiger partial charge in [0, 0.05) is 12.1 Å². The van der Waals surface area contributed by atoms with E-state index in [1.807, 2.05) is 13.8 Å². The van der Waals surface area contributed by atoms with Crippen LogP contribution in [0, 0.1) is 0 Å². The van der Waals surface area contributed by atoms with Crippen LogP contribution in [0.25, 0.3) is 6.08 Å². The van der Waals surface area contributed by atoms with Crippen LogP contribution in [0.5, 0.6) is 5.75 Å². The Morgan fingerprint density at radius 3 is 2.44 bits per heavy atom. The molecule has 1 unspecified atom stereocenters. The number of alkyl halides is 3. The smallest absolute Gasteiger partial charge is 0.452 e. The van der Waals surface area contributed by atoms with Crippen molar-refractivity contribution < 1.29 is 32.2 Å². The minimum atomic E-state index is -4.75. The maximum Gasteiger partial charge on any atom is 0.573 e. The number of hydrogen-bond acceptors (Lipinski definition) is 4. The third-order valence-corrected chi connectivity index (χ3v) is 3.00. The molecule has 1 rings (SSSR count). The van der Waals surface area contributed by atoms with Crippen LogP contribution in [0.2, 0.25) is 0 Å². The Hall–Kier alpha value is -2.51. The number of hydrogen-bond donors (Lipinski definition) is 1. The van der Waals surface area contributed by atoms with Crippen LogP contribution < -0.4 is 10.1 Å². The predicted octanol–water partition coefficient (Wildman–Crippen LogP) is 3.45. The molecule has 138 valence electrons. The highest BCUT2D eigenvalue weighted by Crippen LogP contribution is 2.22. The predicted molar refractivity (Wildman–Crippen MR) is 85.6 cm³/mol. The number of halogens is 3. The van der Waals surface area contributed by atoms with E-state index >= 15 is 0 Å². The molecular formula is C17H20F3NO4. The SMILES string of the molecule is CCCC(C)NC(=O)COC(=O)/C=C/c1ccc(OC(F)(F)F)cc1. The molecule has 0 aliphatic heterocycles. The Morgan fingerprint density at radius 1 is 1.24 bits per heavy atom. The summed E-state index contributed by atoms with van der Waals surface area (Å²) in [6.45, 7) is 3.46. The molecule has 0 heterocycles. The van der Waals surface area contributed by atoms with Crippen molar-refractivity contribution in [1.29, 1.82) is 0 Å². The molecule has 1 N–H and O–H groups in total. The highest BCUT2D eigenvalue weighted by molar-refractivity contribution is 5.89. The number of amides is 1. The summed E-state index contributed by atoms with van der Waals surface area (Å²) in [5, 5.41) is 2.69. The van der Waals surface area contributed by atoms with Gasteiger partial charge in [-0.3, -0.25) is 4.79 Å². The highest BCUT2D eigenvalue weighted by Gasteiger charge is 2.30. The molecule has 0 aliphatic carbocycles. The van der Waals surface area contributed by atoms with Gasteiger partial charge in [-0.15, -0.1) is 13.2 Å². The lowest BCUT2D eigenvalue weighted by Crippen LogP contribution is -2.35. The average molecular weight is 359 g/mol. The van der Waals surface area contributed by atoms with Crippen molar-refractivity contribution in [3.63, 3.8) is 0 Å². The van der Waals surface area contributed by atoms with Crippen LogP contribution in [-0.2, 0) is 14.3 Å². The number of esters is 1. The maximum atomic E-state index is 12.0. The molecule has 1 atom stereocenters. The van der Waals surface area contributed by atoms with E-state index in [0.717, 1.165) is 31.1 Å². The first-order chi connectivity index (χ1) is 11.7. The second-order valence-electron chi connectivity index (χ2n) is 5.32. The summed E-state index contributed by atoms with van der Waals surface area (Å²) >= 11 is 0. The average Bonchev–Trinajstić information content (AvgIpc) is 2.51. The second kappa shape index (κ2) is 9.71. The quantitative estimate of drug-likeness (QED) is 0.570. The minimum absolute atomic E-state index is 0.00387. The van der Waals surface area contributed by atoms with Crippen molar-refractivity contribution in [2.45, 2.75) is 39.1 Å². The first-order valence-electron chi connectivity index (χ1n) is 7.69. The van der Waals surface area contributed by atoms with E-state index in [9.17, 15) is 22.8 Å². The van der Waals surface area contributed by atoms with E-state index in [4.69, 9.17) is 4.74 Å². The fraction of sp³-hybridized carbons (Fsp3) is 0.412. The maximum absolute atomic E-state index is 12.0. The third kappa shape index (κ3) is 9.39. The van der Waals surface area contributed by atoms with Gasteiger partial charge in [-0.05, 0) is 37.1 Å². The van der Waals surface area contributed by atoms with Crippen molar-refractivity contribution in [2.75, 3.05) is 6.61 Å². The summed E-state index contributed by atoms with van der Waals surface area (Å²) in [6.07, 6.45) is -0.555. The number of ether oxygens (including phenoxy) is 2. The van der Waals surface area contributed by atoms with Gasteiger partial charge in [0.1, 0.15) is 5.75 Å². The molecule has 0 saturated heterocycles. The van der Waals surface area contributed by atoms with E-state index in [0.29, 0.717) is 5.56 Å². The van der Waals surface area contributed by atoms with Gasteiger partial charge in [0.05, 0.1) is 0 Å². The zero-order valence-corrected chi connectivity index (χ0v) is 13.9.